The van der Waals surface area contributed by atoms with Crippen LogP contribution in [0.3, 0.4) is 0 Å². The summed E-state index contributed by atoms with van der Waals surface area (Å²) in [5, 5.41) is 10.8. The van der Waals surface area contributed by atoms with E-state index >= 15 is 0 Å². The number of nitrogens with zero attached hydrogens (tertiary/aromatic N) is 2. The number of alkyl halides is 6. The maximum Gasteiger partial charge on any atom is 0.419 e. The summed E-state index contributed by atoms with van der Waals surface area (Å²) in [6.45, 7) is 0. The van der Waals surface area contributed by atoms with E-state index in [-0.39, 0.29) is 6.07 Å². The van der Waals surface area contributed by atoms with Gasteiger partial charge in [0, 0.05) is 11.2 Å². The predicted molar refractivity (Wildman–Crippen MR) is 109 cm³/mol. The number of primary sulfonamides is 1. The van der Waals surface area contributed by atoms with Gasteiger partial charge in [-0.25, -0.2) is 18.2 Å². The minimum absolute atomic E-state index is 0.245. The molecule has 0 aliphatic heterocycles. The van der Waals surface area contributed by atoms with Gasteiger partial charge in [0.1, 0.15) is 4.90 Å². The van der Waals surface area contributed by atoms with Gasteiger partial charge in [0.15, 0.2) is 0 Å². The van der Waals surface area contributed by atoms with Crippen molar-refractivity contribution < 1.29 is 39.6 Å². The van der Waals surface area contributed by atoms with Crippen molar-refractivity contribution >= 4 is 33.2 Å². The minimum atomic E-state index is -5.13. The van der Waals surface area contributed by atoms with Gasteiger partial charge in [-0.3, -0.25) is 4.79 Å². The number of benzene rings is 1. The lowest BCUT2D eigenvalue weighted by Gasteiger charge is -2.18. The van der Waals surface area contributed by atoms with Gasteiger partial charge in [-0.1, -0.05) is 23.8 Å². The van der Waals surface area contributed by atoms with E-state index < -0.39 is 62.1 Å². The second-order valence-electron chi connectivity index (χ2n) is 7.18. The molecule has 1 amide bonds. The number of rotatable bonds is 5. The third-order valence-corrected chi connectivity index (χ3v) is 6.06. The van der Waals surface area contributed by atoms with Crippen LogP contribution < -0.4 is 10.5 Å². The number of carbonyl (C=O) groups is 1. The first kappa shape index (κ1) is 25.8. The van der Waals surface area contributed by atoms with Crippen LogP contribution in [0.4, 0.5) is 32.0 Å². The lowest BCUT2D eigenvalue weighted by molar-refractivity contribution is -0.138. The summed E-state index contributed by atoms with van der Waals surface area (Å²) in [7, 11) is -4.77. The molecule has 1 aromatic heterocycles. The number of hydrogen-bond donors (Lipinski definition) is 2. The van der Waals surface area contributed by atoms with Gasteiger partial charge in [0.25, 0.3) is 0 Å². The Morgan fingerprint density at radius 3 is 2.38 bits per heavy atom. The summed E-state index contributed by atoms with van der Waals surface area (Å²) >= 11 is 6.02. The number of hydrogen-bond acceptors (Lipinski definition) is 4. The van der Waals surface area contributed by atoms with Crippen LogP contribution in [0.2, 0.25) is 0 Å². The van der Waals surface area contributed by atoms with E-state index in [2.05, 4.69) is 5.10 Å². The molecule has 3 rings (SSSR count). The Morgan fingerprint density at radius 1 is 1.18 bits per heavy atom. The minimum Gasteiger partial charge on any atom is -0.325 e. The molecule has 0 saturated heterocycles. The maximum atomic E-state index is 13.8. The van der Waals surface area contributed by atoms with E-state index in [1.54, 1.807) is 12.2 Å². The smallest absolute Gasteiger partial charge is 0.325 e. The van der Waals surface area contributed by atoms with Gasteiger partial charge in [0.05, 0.1) is 35.1 Å². The van der Waals surface area contributed by atoms with E-state index in [4.69, 9.17) is 16.7 Å². The Morgan fingerprint density at radius 2 is 1.85 bits per heavy atom. The molecule has 1 aromatic carbocycles. The molecular formula is C19H15ClF6N4O3S. The molecule has 184 valence electrons. The van der Waals surface area contributed by atoms with E-state index in [1.165, 1.54) is 0 Å². The first-order valence-corrected chi connectivity index (χ1v) is 11.2. The van der Waals surface area contributed by atoms with Crippen molar-refractivity contribution in [1.82, 2.24) is 9.78 Å². The van der Waals surface area contributed by atoms with Gasteiger partial charge < -0.3 is 5.32 Å². The highest BCUT2D eigenvalue weighted by atomic mass is 35.5. The van der Waals surface area contributed by atoms with Gasteiger partial charge in [-0.05, 0) is 30.5 Å². The molecule has 0 spiro atoms. The third-order valence-electron chi connectivity index (χ3n) is 4.69. The largest absolute Gasteiger partial charge is 0.419 e. The van der Waals surface area contributed by atoms with E-state index in [0.717, 1.165) is 0 Å². The highest BCUT2D eigenvalue weighted by molar-refractivity contribution is 7.89. The summed E-state index contributed by atoms with van der Waals surface area (Å²) < 4.78 is 104. The van der Waals surface area contributed by atoms with Crippen molar-refractivity contribution in [3.63, 3.8) is 0 Å². The number of nitrogens with two attached hydrogens (primary N) is 1. The van der Waals surface area contributed by atoms with Gasteiger partial charge in [-0.15, -0.1) is 0 Å². The molecule has 0 radical (unpaired) electrons. The van der Waals surface area contributed by atoms with Crippen molar-refractivity contribution in [1.29, 1.82) is 0 Å². The van der Waals surface area contributed by atoms with Gasteiger partial charge in [0.2, 0.25) is 15.9 Å². The number of sulfonamides is 1. The Labute approximate surface area is 193 Å². The average molecular weight is 529 g/mol. The zero-order valence-corrected chi connectivity index (χ0v) is 18.4. The molecule has 0 fully saturated rings. The highest BCUT2D eigenvalue weighted by Gasteiger charge is 2.37. The first-order valence-electron chi connectivity index (χ1n) is 9.31. The molecule has 1 aliphatic carbocycles. The highest BCUT2D eigenvalue weighted by Crippen LogP contribution is 2.39. The number of allylic oxidation sites excluding steroid dienone is 3. The second-order valence-corrected chi connectivity index (χ2v) is 9.16. The summed E-state index contributed by atoms with van der Waals surface area (Å²) in [6.07, 6.45) is -5.44. The van der Waals surface area contributed by atoms with Crippen LogP contribution in [-0.2, 0) is 27.2 Å². The molecular weight excluding hydrogens is 514 g/mol. The number of anilines is 1. The second kappa shape index (κ2) is 9.07. The monoisotopic (exact) mass is 528 g/mol. The van der Waals surface area contributed by atoms with Crippen LogP contribution in [0, 0.1) is 0 Å². The fraction of sp³-hybridized carbons (Fsp3) is 0.263. The molecule has 7 nitrogen and oxygen atoms in total. The molecule has 1 heterocycles. The molecule has 3 N–H and O–H groups in total. The predicted octanol–water partition coefficient (Wildman–Crippen LogP) is 4.73. The summed E-state index contributed by atoms with van der Waals surface area (Å²) in [6, 6.07) is 0.669. The molecule has 1 aliphatic rings. The zero-order chi connectivity index (χ0) is 25.5. The quantitative estimate of drug-likeness (QED) is 0.547. The van der Waals surface area contributed by atoms with Crippen molar-refractivity contribution in [3.05, 3.63) is 58.4 Å². The lowest BCUT2D eigenvalue weighted by Crippen LogP contribution is -2.21. The molecule has 2 aromatic rings. The summed E-state index contributed by atoms with van der Waals surface area (Å²) in [5.41, 5.74) is -4.32. The number of halogens is 7. The molecule has 0 bridgehead atoms. The van der Waals surface area contributed by atoms with Crippen LogP contribution in [0.15, 0.2) is 52.2 Å². The van der Waals surface area contributed by atoms with Gasteiger partial charge in [-0.2, -0.15) is 31.4 Å². The Hall–Kier alpha value is -2.84. The normalized spacial score (nSPS) is 15.1. The molecule has 0 unspecified atom stereocenters. The Kier molecular flexibility index (Phi) is 6.88. The van der Waals surface area contributed by atoms with Crippen LogP contribution in [0.5, 0.6) is 0 Å². The third kappa shape index (κ3) is 5.80. The van der Waals surface area contributed by atoms with Crippen molar-refractivity contribution in [3.8, 4) is 5.69 Å². The maximum absolute atomic E-state index is 13.8. The topological polar surface area (TPSA) is 107 Å². The molecule has 0 saturated carbocycles. The van der Waals surface area contributed by atoms with E-state index in [9.17, 15) is 39.6 Å². The molecule has 0 atom stereocenters. The standard InChI is InChI=1S/C19H15ClF6N4O3S/c20-13-4-2-1-3-10(13)5-17(31)29-14-7-16(34(27,32)33)15(6-12(14)19(24,25)26)30-9-11(8-28-30)18(21,22)23/h1,3,6-9H,2,4-5H2,(H,29,31)(H2,27,32,33). The summed E-state index contributed by atoms with van der Waals surface area (Å²) in [4.78, 5) is 11.4. The van der Waals surface area contributed by atoms with E-state index in [0.29, 0.717) is 46.6 Å². The average Bonchev–Trinajstić information content (AvgIpc) is 3.18. The Balaban J connectivity index is 2.11. The van der Waals surface area contributed by atoms with Crippen LogP contribution in [-0.4, -0.2) is 24.1 Å². The van der Waals surface area contributed by atoms with Crippen molar-refractivity contribution in [2.75, 3.05) is 5.32 Å². The summed E-state index contributed by atoms with van der Waals surface area (Å²) in [5.74, 6) is -0.934. The van der Waals surface area contributed by atoms with Crippen LogP contribution in [0.1, 0.15) is 30.4 Å². The number of aromatic nitrogens is 2. The lowest BCUT2D eigenvalue weighted by atomic mass is 10.0. The first-order chi connectivity index (χ1) is 15.6. The number of carbonyl (C=O) groups excluding carboxylic acids is 1. The Bertz CT molecular complexity index is 1300. The van der Waals surface area contributed by atoms with E-state index in [1.807, 2.05) is 5.32 Å². The number of amides is 1. The fourth-order valence-electron chi connectivity index (χ4n) is 3.12. The van der Waals surface area contributed by atoms with Gasteiger partial charge >= 0.3 is 12.4 Å². The van der Waals surface area contributed by atoms with Crippen LogP contribution >= 0.6 is 11.6 Å². The fourth-order valence-corrected chi connectivity index (χ4v) is 4.09. The molecule has 34 heavy (non-hydrogen) atoms. The van der Waals surface area contributed by atoms with Crippen molar-refractivity contribution in [2.24, 2.45) is 5.14 Å². The van der Waals surface area contributed by atoms with Crippen LogP contribution in [0.25, 0.3) is 5.69 Å². The van der Waals surface area contributed by atoms with Crippen molar-refractivity contribution in [2.45, 2.75) is 36.5 Å². The zero-order valence-electron chi connectivity index (χ0n) is 16.8. The SMILES string of the molecule is NS(=O)(=O)c1cc(NC(=O)CC2=C(Cl)CCC=C2)c(C(F)(F)F)cc1-n1cc(C(F)(F)F)cn1. The number of nitrogens with one attached hydrogen (secondary N) is 1. The molecule has 15 heteroatoms.